The van der Waals surface area contributed by atoms with Gasteiger partial charge in [0.05, 0.1) is 16.2 Å². The highest BCUT2D eigenvalue weighted by molar-refractivity contribution is 7.91. The second-order valence-electron chi connectivity index (χ2n) is 6.43. The van der Waals surface area contributed by atoms with Crippen molar-refractivity contribution >= 4 is 25.6 Å². The minimum Gasteiger partial charge on any atom is -0.478 e. The fourth-order valence-electron chi connectivity index (χ4n) is 2.28. The van der Waals surface area contributed by atoms with Gasteiger partial charge >= 0.3 is 5.97 Å². The molecule has 0 radical (unpaired) electrons. The molecule has 0 bridgehead atoms. The van der Waals surface area contributed by atoms with Crippen molar-refractivity contribution in [3.63, 3.8) is 0 Å². The smallest absolute Gasteiger partial charge is 0.335 e. The lowest BCUT2D eigenvalue weighted by atomic mass is 10.2. The molecule has 0 fully saturated rings. The molecule has 0 saturated carbocycles. The normalized spacial score (nSPS) is 12.1. The van der Waals surface area contributed by atoms with Crippen molar-refractivity contribution in [3.05, 3.63) is 48.0 Å². The van der Waals surface area contributed by atoms with Crippen molar-refractivity contribution in [2.75, 3.05) is 32.6 Å². The van der Waals surface area contributed by atoms with E-state index >= 15 is 0 Å². The molecule has 2 rings (SSSR count). The van der Waals surface area contributed by atoms with Crippen LogP contribution in [0.25, 0.3) is 0 Å². The van der Waals surface area contributed by atoms with E-state index in [0.717, 1.165) is 12.3 Å². The number of carbonyl (C=O) groups is 1. The maximum atomic E-state index is 12.3. The molecule has 0 unspecified atom stereocenters. The van der Waals surface area contributed by atoms with E-state index in [9.17, 15) is 21.6 Å². The average molecular weight is 428 g/mol. The van der Waals surface area contributed by atoms with Crippen LogP contribution in [0.15, 0.2) is 52.3 Å². The van der Waals surface area contributed by atoms with Gasteiger partial charge in [-0.15, -0.1) is 0 Å². The van der Waals surface area contributed by atoms with Crippen LogP contribution in [0.5, 0.6) is 11.5 Å². The highest BCUT2D eigenvalue weighted by atomic mass is 32.2. The Kier molecular flexibility index (Phi) is 6.48. The summed E-state index contributed by atoms with van der Waals surface area (Å²) in [6.45, 7) is 0.383. The Hall–Kier alpha value is -2.43. The molecular weight excluding hydrogens is 406 g/mol. The minimum atomic E-state index is -3.75. The lowest BCUT2D eigenvalue weighted by Crippen LogP contribution is -2.21. The highest BCUT2D eigenvalue weighted by Gasteiger charge is 2.19. The minimum absolute atomic E-state index is 0.0327. The Balaban J connectivity index is 2.31. The van der Waals surface area contributed by atoms with Gasteiger partial charge in [-0.2, -0.15) is 0 Å². The van der Waals surface area contributed by atoms with Gasteiger partial charge in [0.25, 0.3) is 0 Å². The Morgan fingerprint density at radius 3 is 2.14 bits per heavy atom. The molecular formula is C18H21NO7S2. The summed E-state index contributed by atoms with van der Waals surface area (Å²) in [6, 6.07) is 9.10. The van der Waals surface area contributed by atoms with Crippen LogP contribution in [-0.2, 0) is 19.7 Å². The van der Waals surface area contributed by atoms with Gasteiger partial charge in [-0.3, -0.25) is 0 Å². The Morgan fingerprint density at radius 2 is 1.64 bits per heavy atom. The second-order valence-corrected chi connectivity index (χ2v) is 10.5. The van der Waals surface area contributed by atoms with Gasteiger partial charge in [-0.1, -0.05) is 0 Å². The summed E-state index contributed by atoms with van der Waals surface area (Å²) in [5, 5.41) is 9.04. The summed E-state index contributed by atoms with van der Waals surface area (Å²) < 4.78 is 54.1. The van der Waals surface area contributed by atoms with E-state index < -0.39 is 25.6 Å². The van der Waals surface area contributed by atoms with Crippen LogP contribution in [0.4, 0.5) is 0 Å². The van der Waals surface area contributed by atoms with E-state index in [1.807, 2.05) is 0 Å². The number of carboxylic acids is 1. The molecule has 2 aromatic carbocycles. The van der Waals surface area contributed by atoms with Gasteiger partial charge in [0.15, 0.2) is 19.7 Å². The van der Waals surface area contributed by atoms with E-state index in [2.05, 4.69) is 0 Å². The van der Waals surface area contributed by atoms with Crippen LogP contribution < -0.4 is 4.74 Å². The van der Waals surface area contributed by atoms with Crippen LogP contribution in [0.1, 0.15) is 10.4 Å². The number of nitrogens with zero attached hydrogens (tertiary/aromatic N) is 1. The third-order valence-electron chi connectivity index (χ3n) is 3.81. The number of rotatable bonds is 8. The first kappa shape index (κ1) is 21.9. The number of aromatic carboxylic acids is 1. The van der Waals surface area contributed by atoms with Crippen molar-refractivity contribution in [3.8, 4) is 11.5 Å². The quantitative estimate of drug-likeness (QED) is 0.679. The van der Waals surface area contributed by atoms with E-state index in [-0.39, 0.29) is 32.6 Å². The van der Waals surface area contributed by atoms with Gasteiger partial charge in [0, 0.05) is 12.8 Å². The zero-order chi connectivity index (χ0) is 21.1. The summed E-state index contributed by atoms with van der Waals surface area (Å²) >= 11 is 0. The predicted octanol–water partition coefficient (Wildman–Crippen LogP) is 1.92. The molecule has 152 valence electrons. The number of sulfone groups is 2. The van der Waals surface area contributed by atoms with E-state index in [1.165, 1.54) is 36.4 Å². The Bertz CT molecular complexity index is 1070. The maximum absolute atomic E-state index is 12.3. The fraction of sp³-hybridized carbons (Fsp3) is 0.278. The molecule has 0 aliphatic heterocycles. The van der Waals surface area contributed by atoms with Crippen molar-refractivity contribution < 1.29 is 31.5 Å². The van der Waals surface area contributed by atoms with Crippen LogP contribution in [0.3, 0.4) is 0 Å². The lowest BCUT2D eigenvalue weighted by molar-refractivity contribution is 0.0696. The van der Waals surface area contributed by atoms with Crippen LogP contribution in [-0.4, -0.2) is 65.5 Å². The average Bonchev–Trinajstić information content (AvgIpc) is 2.60. The topological polar surface area (TPSA) is 118 Å². The number of hydrogen-bond acceptors (Lipinski definition) is 7. The van der Waals surface area contributed by atoms with Crippen LogP contribution in [0, 0.1) is 0 Å². The van der Waals surface area contributed by atoms with E-state index in [4.69, 9.17) is 9.84 Å². The fourth-order valence-corrected chi connectivity index (χ4v) is 4.49. The summed E-state index contributed by atoms with van der Waals surface area (Å²) in [5.74, 6) is -1.12. The zero-order valence-corrected chi connectivity index (χ0v) is 17.2. The third kappa shape index (κ3) is 5.54. The number of benzene rings is 2. The first-order chi connectivity index (χ1) is 12.9. The van der Waals surface area contributed by atoms with Crippen LogP contribution in [0.2, 0.25) is 0 Å². The van der Waals surface area contributed by atoms with Crippen molar-refractivity contribution in [1.29, 1.82) is 0 Å². The molecule has 1 N–H and O–H groups in total. The van der Waals surface area contributed by atoms with Gasteiger partial charge in [0.1, 0.15) is 16.4 Å². The first-order valence-corrected chi connectivity index (χ1v) is 11.7. The predicted molar refractivity (Wildman–Crippen MR) is 104 cm³/mol. The lowest BCUT2D eigenvalue weighted by Gasteiger charge is -2.12. The Labute approximate surface area is 164 Å². The van der Waals surface area contributed by atoms with Crippen LogP contribution >= 0.6 is 0 Å². The Morgan fingerprint density at radius 1 is 1.04 bits per heavy atom. The second kappa shape index (κ2) is 8.29. The molecule has 0 spiro atoms. The van der Waals surface area contributed by atoms with Crippen molar-refractivity contribution in [2.24, 2.45) is 0 Å². The standard InChI is InChI=1S/C18H21NO7S2/c1-19(2)10-11-28(24,25)15-7-5-14(6-8-15)26-16-9-4-13(18(20)21)12-17(16)27(3,22)23/h4-9,12H,10-11H2,1-3H3,(H,20,21). The highest BCUT2D eigenvalue weighted by Crippen LogP contribution is 2.30. The molecule has 2 aromatic rings. The molecule has 0 aliphatic carbocycles. The molecule has 8 nitrogen and oxygen atoms in total. The van der Waals surface area contributed by atoms with Crippen molar-refractivity contribution in [1.82, 2.24) is 4.90 Å². The molecule has 0 aliphatic rings. The maximum Gasteiger partial charge on any atom is 0.335 e. The third-order valence-corrected chi connectivity index (χ3v) is 6.64. The first-order valence-electron chi connectivity index (χ1n) is 8.13. The SMILES string of the molecule is CN(C)CCS(=O)(=O)c1ccc(Oc2ccc(C(=O)O)cc2S(C)(=O)=O)cc1. The number of ether oxygens (including phenoxy) is 1. The van der Waals surface area contributed by atoms with Gasteiger partial charge < -0.3 is 14.7 Å². The van der Waals surface area contributed by atoms with Gasteiger partial charge in [0.2, 0.25) is 0 Å². The largest absolute Gasteiger partial charge is 0.478 e. The summed E-state index contributed by atoms with van der Waals surface area (Å²) in [7, 11) is -3.64. The van der Waals surface area contributed by atoms with Crippen molar-refractivity contribution in [2.45, 2.75) is 9.79 Å². The molecule has 10 heteroatoms. The zero-order valence-electron chi connectivity index (χ0n) is 15.6. The molecule has 0 amide bonds. The van der Waals surface area contributed by atoms with E-state index in [1.54, 1.807) is 19.0 Å². The monoisotopic (exact) mass is 427 g/mol. The summed E-state index contributed by atoms with van der Waals surface area (Å²) in [6.07, 6.45) is 0.946. The number of carboxylic acid groups (broad SMARTS) is 1. The summed E-state index contributed by atoms with van der Waals surface area (Å²) in [5.41, 5.74) is -0.185. The number of hydrogen-bond donors (Lipinski definition) is 1. The van der Waals surface area contributed by atoms with Gasteiger partial charge in [-0.25, -0.2) is 21.6 Å². The summed E-state index contributed by atoms with van der Waals surface area (Å²) in [4.78, 5) is 12.7. The molecule has 0 aromatic heterocycles. The van der Waals surface area contributed by atoms with Gasteiger partial charge in [-0.05, 0) is 56.6 Å². The molecule has 0 atom stereocenters. The molecule has 0 saturated heterocycles. The molecule has 28 heavy (non-hydrogen) atoms. The van der Waals surface area contributed by atoms with E-state index in [0.29, 0.717) is 6.54 Å². The molecule has 0 heterocycles.